The fourth-order valence-corrected chi connectivity index (χ4v) is 1.58. The van der Waals surface area contributed by atoms with Crippen LogP contribution in [0.1, 0.15) is 32.4 Å². The number of nitrogens with one attached hydrogen (secondary N) is 1. The molecular weight excluding hydrogens is 198 g/mol. The summed E-state index contributed by atoms with van der Waals surface area (Å²) in [6, 6.07) is 0. The van der Waals surface area contributed by atoms with E-state index in [1.807, 2.05) is 0 Å². The van der Waals surface area contributed by atoms with Crippen LogP contribution in [0.5, 0.6) is 0 Å². The molecule has 0 fully saturated rings. The topological polar surface area (TPSA) is 47.0 Å². The Kier molecular flexibility index (Phi) is 5.47. The Labute approximate surface area is 88.8 Å². The second-order valence-electron chi connectivity index (χ2n) is 3.03. The molecule has 0 radical (unpaired) electrons. The van der Waals surface area contributed by atoms with E-state index in [-0.39, 0.29) is 0 Å². The highest BCUT2D eigenvalue weighted by Gasteiger charge is 2.06. The Morgan fingerprint density at radius 3 is 2.93 bits per heavy atom. The lowest BCUT2D eigenvalue weighted by Crippen LogP contribution is -2.02. The molecule has 1 aromatic rings. The summed E-state index contributed by atoms with van der Waals surface area (Å²) in [6.45, 7) is 6.54. The summed E-state index contributed by atoms with van der Waals surface area (Å²) < 4.78 is 9.31. The summed E-state index contributed by atoms with van der Waals surface area (Å²) in [6.07, 6.45) is 2.14. The van der Waals surface area contributed by atoms with Gasteiger partial charge in [-0.15, -0.1) is 5.10 Å². The molecule has 1 aromatic heterocycles. The lowest BCUT2D eigenvalue weighted by atomic mass is 10.4. The van der Waals surface area contributed by atoms with Crippen LogP contribution in [-0.4, -0.2) is 22.7 Å². The van der Waals surface area contributed by atoms with Crippen LogP contribution in [0.2, 0.25) is 0 Å². The third kappa shape index (κ3) is 3.59. The molecule has 0 saturated heterocycles. The van der Waals surface area contributed by atoms with E-state index >= 15 is 0 Å². The van der Waals surface area contributed by atoms with Gasteiger partial charge in [0, 0.05) is 24.7 Å². The van der Waals surface area contributed by atoms with E-state index in [1.54, 1.807) is 0 Å². The molecule has 0 aliphatic carbocycles. The smallest absolute Gasteiger partial charge is 0.135 e. The summed E-state index contributed by atoms with van der Waals surface area (Å²) in [4.78, 5) is 0. The van der Waals surface area contributed by atoms with E-state index in [2.05, 4.69) is 28.8 Å². The zero-order valence-electron chi connectivity index (χ0n) is 8.75. The summed E-state index contributed by atoms with van der Waals surface area (Å²) >= 11 is 1.40. The van der Waals surface area contributed by atoms with Crippen molar-refractivity contribution < 1.29 is 4.74 Å². The van der Waals surface area contributed by atoms with Crippen LogP contribution in [0.3, 0.4) is 0 Å². The van der Waals surface area contributed by atoms with Gasteiger partial charge in [0.1, 0.15) is 10.7 Å². The molecule has 0 saturated carbocycles. The highest BCUT2D eigenvalue weighted by molar-refractivity contribution is 7.10. The zero-order valence-corrected chi connectivity index (χ0v) is 9.56. The van der Waals surface area contributed by atoms with Gasteiger partial charge in [-0.2, -0.15) is 0 Å². The molecule has 0 aromatic carbocycles. The average Bonchev–Trinajstić information content (AvgIpc) is 2.63. The molecule has 5 heteroatoms. The first-order valence-electron chi connectivity index (χ1n) is 5.01. The predicted molar refractivity (Wildman–Crippen MR) is 58.6 cm³/mol. The molecule has 1 heterocycles. The van der Waals surface area contributed by atoms with Gasteiger partial charge in [-0.1, -0.05) is 18.3 Å². The van der Waals surface area contributed by atoms with Crippen molar-refractivity contribution >= 4 is 16.5 Å². The summed E-state index contributed by atoms with van der Waals surface area (Å²) in [5, 5.41) is 8.35. The zero-order chi connectivity index (χ0) is 10.2. The molecule has 0 amide bonds. The third-order valence-electron chi connectivity index (χ3n) is 1.68. The molecular formula is C9H17N3OS. The van der Waals surface area contributed by atoms with Crippen LogP contribution in [0.15, 0.2) is 0 Å². The molecule has 0 unspecified atom stereocenters. The Morgan fingerprint density at radius 2 is 2.21 bits per heavy atom. The Balaban J connectivity index is 2.37. The Bertz CT molecular complexity index is 252. The SMILES string of the molecule is CCCNc1snnc1COCCC. The number of hydrogen-bond donors (Lipinski definition) is 1. The van der Waals surface area contributed by atoms with Crippen LogP contribution in [0.4, 0.5) is 5.00 Å². The number of anilines is 1. The van der Waals surface area contributed by atoms with Gasteiger partial charge in [0.05, 0.1) is 6.61 Å². The quantitative estimate of drug-likeness (QED) is 0.709. The van der Waals surface area contributed by atoms with Gasteiger partial charge in [0.2, 0.25) is 0 Å². The largest absolute Gasteiger partial charge is 0.375 e. The first kappa shape index (κ1) is 11.4. The molecule has 0 spiro atoms. The van der Waals surface area contributed by atoms with Gasteiger partial charge in [-0.3, -0.25) is 0 Å². The van der Waals surface area contributed by atoms with Gasteiger partial charge in [0.25, 0.3) is 0 Å². The lowest BCUT2D eigenvalue weighted by molar-refractivity contribution is 0.119. The first-order valence-corrected chi connectivity index (χ1v) is 5.78. The van der Waals surface area contributed by atoms with Crippen LogP contribution in [-0.2, 0) is 11.3 Å². The molecule has 1 N–H and O–H groups in total. The standard InChI is InChI=1S/C9H17N3OS/c1-3-5-10-9-8(11-12-14-9)7-13-6-4-2/h10H,3-7H2,1-2H3. The molecule has 0 atom stereocenters. The van der Waals surface area contributed by atoms with Crippen LogP contribution >= 0.6 is 11.5 Å². The van der Waals surface area contributed by atoms with Crippen LogP contribution < -0.4 is 5.32 Å². The molecule has 14 heavy (non-hydrogen) atoms. The Hall–Kier alpha value is -0.680. The van der Waals surface area contributed by atoms with Crippen molar-refractivity contribution in [1.82, 2.24) is 9.59 Å². The number of ether oxygens (including phenoxy) is 1. The minimum Gasteiger partial charge on any atom is -0.375 e. The third-order valence-corrected chi connectivity index (χ3v) is 2.40. The maximum Gasteiger partial charge on any atom is 0.135 e. The number of rotatable bonds is 7. The maximum atomic E-state index is 5.41. The average molecular weight is 215 g/mol. The van der Waals surface area contributed by atoms with Crippen LogP contribution in [0.25, 0.3) is 0 Å². The fourth-order valence-electron chi connectivity index (χ4n) is 0.989. The summed E-state index contributed by atoms with van der Waals surface area (Å²) in [5.41, 5.74) is 0.928. The summed E-state index contributed by atoms with van der Waals surface area (Å²) in [7, 11) is 0. The van der Waals surface area contributed by atoms with E-state index in [1.165, 1.54) is 11.5 Å². The van der Waals surface area contributed by atoms with Gasteiger partial charge in [0.15, 0.2) is 0 Å². The maximum absolute atomic E-state index is 5.41. The van der Waals surface area contributed by atoms with E-state index in [0.29, 0.717) is 6.61 Å². The highest BCUT2D eigenvalue weighted by Crippen LogP contribution is 2.18. The van der Waals surface area contributed by atoms with Crippen molar-refractivity contribution in [2.45, 2.75) is 33.3 Å². The van der Waals surface area contributed by atoms with E-state index < -0.39 is 0 Å². The monoisotopic (exact) mass is 215 g/mol. The molecule has 0 aliphatic rings. The molecule has 0 aliphatic heterocycles. The van der Waals surface area contributed by atoms with Gasteiger partial charge < -0.3 is 10.1 Å². The number of hydrogen-bond acceptors (Lipinski definition) is 5. The van der Waals surface area contributed by atoms with Gasteiger partial charge in [-0.25, -0.2) is 0 Å². The summed E-state index contributed by atoms with van der Waals surface area (Å²) in [5.74, 6) is 0. The molecule has 1 rings (SSSR count). The van der Waals surface area contributed by atoms with Crippen molar-refractivity contribution in [3.05, 3.63) is 5.69 Å². The van der Waals surface area contributed by atoms with Crippen LogP contribution in [0, 0.1) is 0 Å². The molecule has 80 valence electrons. The van der Waals surface area contributed by atoms with Crippen molar-refractivity contribution in [2.24, 2.45) is 0 Å². The van der Waals surface area contributed by atoms with Gasteiger partial charge >= 0.3 is 0 Å². The van der Waals surface area contributed by atoms with Crippen molar-refractivity contribution in [3.63, 3.8) is 0 Å². The van der Waals surface area contributed by atoms with E-state index in [4.69, 9.17) is 4.74 Å². The first-order chi connectivity index (χ1) is 6.88. The lowest BCUT2D eigenvalue weighted by Gasteiger charge is -2.03. The minimum absolute atomic E-state index is 0.566. The second-order valence-corrected chi connectivity index (χ2v) is 3.78. The number of aromatic nitrogens is 2. The number of nitrogens with zero attached hydrogens (tertiary/aromatic N) is 2. The van der Waals surface area contributed by atoms with Crippen molar-refractivity contribution in [3.8, 4) is 0 Å². The van der Waals surface area contributed by atoms with E-state index in [0.717, 1.165) is 36.7 Å². The molecule has 4 nitrogen and oxygen atoms in total. The van der Waals surface area contributed by atoms with Gasteiger partial charge in [-0.05, 0) is 12.8 Å². The van der Waals surface area contributed by atoms with Crippen molar-refractivity contribution in [1.29, 1.82) is 0 Å². The normalized spacial score (nSPS) is 10.4. The minimum atomic E-state index is 0.566. The van der Waals surface area contributed by atoms with Crippen molar-refractivity contribution in [2.75, 3.05) is 18.5 Å². The second kappa shape index (κ2) is 6.73. The molecule has 0 bridgehead atoms. The van der Waals surface area contributed by atoms with E-state index in [9.17, 15) is 0 Å². The Morgan fingerprint density at radius 1 is 1.36 bits per heavy atom. The fraction of sp³-hybridized carbons (Fsp3) is 0.778. The predicted octanol–water partition coefficient (Wildman–Crippen LogP) is 2.29. The highest BCUT2D eigenvalue weighted by atomic mass is 32.1.